The van der Waals surface area contributed by atoms with Gasteiger partial charge in [-0.3, -0.25) is 4.79 Å². The van der Waals surface area contributed by atoms with E-state index in [1.807, 2.05) is 6.07 Å². The molecule has 1 rings (SSSR count). The van der Waals surface area contributed by atoms with Gasteiger partial charge in [0.1, 0.15) is 5.75 Å². The largest absolute Gasteiger partial charge is 0.508 e. The molecule has 1 N–H and O–H groups in total. The van der Waals surface area contributed by atoms with Crippen molar-refractivity contribution in [3.05, 3.63) is 29.2 Å². The molecule has 4 nitrogen and oxygen atoms in total. The van der Waals surface area contributed by atoms with Gasteiger partial charge >= 0.3 is 0 Å². The first kappa shape index (κ1) is 11.7. The third kappa shape index (κ3) is 4.60. The van der Waals surface area contributed by atoms with Gasteiger partial charge in [-0.2, -0.15) is 0 Å². The van der Waals surface area contributed by atoms with Crippen molar-refractivity contribution in [1.29, 1.82) is 0 Å². The number of rotatable bonds is 5. The van der Waals surface area contributed by atoms with Gasteiger partial charge < -0.3 is 5.11 Å². The van der Waals surface area contributed by atoms with Crippen molar-refractivity contribution in [1.82, 2.24) is 0 Å². The van der Waals surface area contributed by atoms with Gasteiger partial charge in [-0.15, -0.1) is 16.7 Å². The molecule has 0 aliphatic rings. The average molecular weight is 225 g/mol. The van der Waals surface area contributed by atoms with E-state index < -0.39 is 5.91 Å². The van der Waals surface area contributed by atoms with Crippen molar-refractivity contribution in [2.45, 2.75) is 17.7 Å². The van der Waals surface area contributed by atoms with Crippen LogP contribution in [0.15, 0.2) is 34.3 Å². The number of phenols is 1. The minimum atomic E-state index is -0.605. The maximum atomic E-state index is 10.5. The molecule has 0 atom stereocenters. The number of nitrogens with zero attached hydrogens (tertiary/aromatic N) is 1. The first-order valence-corrected chi connectivity index (χ1v) is 5.49. The van der Waals surface area contributed by atoms with Crippen LogP contribution in [-0.2, 0) is 4.79 Å². The Balaban J connectivity index is 2.26. The minimum Gasteiger partial charge on any atom is -0.508 e. The summed E-state index contributed by atoms with van der Waals surface area (Å²) in [7, 11) is 0. The third-order valence-corrected chi connectivity index (χ3v) is 2.80. The highest BCUT2D eigenvalue weighted by Gasteiger charge is 2.00. The van der Waals surface area contributed by atoms with Crippen molar-refractivity contribution in [2.75, 3.05) is 5.75 Å². The van der Waals surface area contributed by atoms with Crippen LogP contribution in [0.5, 0.6) is 5.75 Å². The molecule has 5 heteroatoms. The van der Waals surface area contributed by atoms with E-state index in [4.69, 9.17) is 0 Å². The number of aromatic hydroxyl groups is 1. The lowest BCUT2D eigenvalue weighted by Gasteiger charge is -2.00. The Morgan fingerprint density at radius 3 is 2.93 bits per heavy atom. The van der Waals surface area contributed by atoms with Crippen LogP contribution in [0.25, 0.3) is 0 Å². The molecular weight excluding hydrogens is 214 g/mol. The third-order valence-electron chi connectivity index (χ3n) is 1.72. The number of hydrogen-bond acceptors (Lipinski definition) is 4. The lowest BCUT2D eigenvalue weighted by Crippen LogP contribution is -1.92. The number of benzene rings is 1. The second kappa shape index (κ2) is 6.19. The molecule has 1 aromatic carbocycles. The van der Waals surface area contributed by atoms with Gasteiger partial charge in [0.05, 0.1) is 0 Å². The van der Waals surface area contributed by atoms with E-state index in [1.165, 1.54) is 11.8 Å². The lowest BCUT2D eigenvalue weighted by atomic mass is 10.3. The maximum absolute atomic E-state index is 10.5. The van der Waals surface area contributed by atoms with Crippen LogP contribution in [0.3, 0.4) is 0 Å². The smallest absolute Gasteiger partial charge is 0.286 e. The Labute approximate surface area is 91.7 Å². The van der Waals surface area contributed by atoms with E-state index in [9.17, 15) is 14.8 Å². The van der Waals surface area contributed by atoms with E-state index in [1.54, 1.807) is 18.2 Å². The van der Waals surface area contributed by atoms with E-state index in [0.29, 0.717) is 6.42 Å². The molecule has 1 amide bonds. The minimum absolute atomic E-state index is 0.190. The number of nitroso groups, excluding NO2 is 1. The highest BCUT2D eigenvalue weighted by atomic mass is 32.2. The molecular formula is C10H11NO3S. The van der Waals surface area contributed by atoms with Gasteiger partial charge in [-0.1, -0.05) is 6.07 Å². The zero-order chi connectivity index (χ0) is 11.1. The fourth-order valence-electron chi connectivity index (χ4n) is 1.03. The van der Waals surface area contributed by atoms with Crippen molar-refractivity contribution in [3.63, 3.8) is 0 Å². The zero-order valence-electron chi connectivity index (χ0n) is 8.05. The van der Waals surface area contributed by atoms with Crippen LogP contribution in [0.4, 0.5) is 0 Å². The van der Waals surface area contributed by atoms with Crippen LogP contribution in [0.1, 0.15) is 12.8 Å². The first-order valence-electron chi connectivity index (χ1n) is 4.50. The van der Waals surface area contributed by atoms with Crippen molar-refractivity contribution >= 4 is 17.7 Å². The number of hydrogen-bond donors (Lipinski definition) is 1. The fraction of sp³-hybridized carbons (Fsp3) is 0.300. The van der Waals surface area contributed by atoms with Gasteiger partial charge in [0.25, 0.3) is 5.91 Å². The molecule has 0 spiro atoms. The highest BCUT2D eigenvalue weighted by molar-refractivity contribution is 7.99. The summed E-state index contributed by atoms with van der Waals surface area (Å²) < 4.78 is 0. The number of carbonyl (C=O) groups excluding carboxylic acids is 1. The summed E-state index contributed by atoms with van der Waals surface area (Å²) in [5.74, 6) is 0.349. The molecule has 0 saturated heterocycles. The summed E-state index contributed by atoms with van der Waals surface area (Å²) >= 11 is 1.53. The van der Waals surface area contributed by atoms with Gasteiger partial charge in [-0.25, -0.2) is 0 Å². The number of phenolic OH excluding ortho intramolecular Hbond substituents is 1. The predicted molar refractivity (Wildman–Crippen MR) is 58.9 cm³/mol. The molecule has 0 radical (unpaired) electrons. The van der Waals surface area contributed by atoms with Gasteiger partial charge in [0.15, 0.2) is 0 Å². The summed E-state index contributed by atoms with van der Waals surface area (Å²) in [5, 5.41) is 11.5. The van der Waals surface area contributed by atoms with Gasteiger partial charge in [-0.05, 0) is 30.4 Å². The lowest BCUT2D eigenvalue weighted by molar-refractivity contribution is -0.117. The highest BCUT2D eigenvalue weighted by Crippen LogP contribution is 2.22. The van der Waals surface area contributed by atoms with E-state index in [0.717, 1.165) is 10.6 Å². The molecule has 15 heavy (non-hydrogen) atoms. The second-order valence-electron chi connectivity index (χ2n) is 2.93. The quantitative estimate of drug-likeness (QED) is 0.475. The van der Waals surface area contributed by atoms with E-state index in [-0.39, 0.29) is 12.2 Å². The molecule has 0 aliphatic heterocycles. The summed E-state index contributed by atoms with van der Waals surface area (Å²) in [6.07, 6.45) is 0.806. The Hall–Kier alpha value is -1.36. The normalized spacial score (nSPS) is 9.87. The predicted octanol–water partition coefficient (Wildman–Crippen LogP) is 2.56. The monoisotopic (exact) mass is 225 g/mol. The van der Waals surface area contributed by atoms with Crippen LogP contribution in [0.2, 0.25) is 0 Å². The Morgan fingerprint density at radius 1 is 1.47 bits per heavy atom. The topological polar surface area (TPSA) is 66.7 Å². The number of carbonyl (C=O) groups is 1. The maximum Gasteiger partial charge on any atom is 0.286 e. The van der Waals surface area contributed by atoms with E-state index in [2.05, 4.69) is 5.18 Å². The van der Waals surface area contributed by atoms with Crippen LogP contribution in [0, 0.1) is 4.91 Å². The van der Waals surface area contributed by atoms with Gasteiger partial charge in [0, 0.05) is 16.5 Å². The Kier molecular flexibility index (Phi) is 4.83. The molecule has 0 unspecified atom stereocenters. The molecule has 0 aliphatic carbocycles. The van der Waals surface area contributed by atoms with Crippen LogP contribution in [-0.4, -0.2) is 16.8 Å². The molecule has 80 valence electrons. The average Bonchev–Trinajstić information content (AvgIpc) is 2.24. The van der Waals surface area contributed by atoms with Crippen LogP contribution < -0.4 is 0 Å². The van der Waals surface area contributed by atoms with Crippen molar-refractivity contribution in [2.24, 2.45) is 5.18 Å². The molecule has 0 bridgehead atoms. The molecule has 0 heterocycles. The Bertz CT molecular complexity index is 354. The van der Waals surface area contributed by atoms with E-state index >= 15 is 0 Å². The molecule has 0 aromatic heterocycles. The summed E-state index contributed by atoms with van der Waals surface area (Å²) in [4.78, 5) is 21.3. The summed E-state index contributed by atoms with van der Waals surface area (Å²) in [5.41, 5.74) is 0. The zero-order valence-corrected chi connectivity index (χ0v) is 8.87. The van der Waals surface area contributed by atoms with Gasteiger partial charge in [0.2, 0.25) is 0 Å². The summed E-state index contributed by atoms with van der Waals surface area (Å²) in [6.45, 7) is 0. The second-order valence-corrected chi connectivity index (χ2v) is 4.10. The fourth-order valence-corrected chi connectivity index (χ4v) is 1.94. The van der Waals surface area contributed by atoms with Crippen LogP contribution >= 0.6 is 11.8 Å². The molecule has 0 fully saturated rings. The molecule has 1 aromatic rings. The number of thioether (sulfide) groups is 1. The number of amides is 1. The van der Waals surface area contributed by atoms with Crippen molar-refractivity contribution < 1.29 is 9.90 Å². The molecule has 0 saturated carbocycles. The standard InChI is InChI=1S/C10H11NO3S/c12-8-3-1-4-9(7-8)15-6-2-5-10(13)11-14/h1,3-4,7,12H,2,5-6H2. The first-order chi connectivity index (χ1) is 7.22. The Morgan fingerprint density at radius 2 is 2.27 bits per heavy atom. The van der Waals surface area contributed by atoms with Crippen molar-refractivity contribution in [3.8, 4) is 5.75 Å². The SMILES string of the molecule is O=NC(=O)CCCSc1cccc(O)c1. The summed E-state index contributed by atoms with van der Waals surface area (Å²) in [6, 6.07) is 6.90.